The van der Waals surface area contributed by atoms with Crippen LogP contribution in [0.25, 0.3) is 0 Å². The summed E-state index contributed by atoms with van der Waals surface area (Å²) in [6, 6.07) is 3.99. The van der Waals surface area contributed by atoms with Crippen LogP contribution in [0, 0.1) is 11.5 Å². The van der Waals surface area contributed by atoms with Gasteiger partial charge in [0.05, 0.1) is 0 Å². The van der Waals surface area contributed by atoms with E-state index in [0.717, 1.165) is 28.0 Å². The maximum absolute atomic E-state index is 5.46. The largest absolute Gasteiger partial charge is 0.454 e. The third-order valence-corrected chi connectivity index (χ3v) is 4.47. The molecule has 106 valence electrons. The summed E-state index contributed by atoms with van der Waals surface area (Å²) in [4.78, 5) is 0. The lowest BCUT2D eigenvalue weighted by Crippen LogP contribution is -2.17. The van der Waals surface area contributed by atoms with Crippen molar-refractivity contribution in [2.75, 3.05) is 6.79 Å². The molecule has 0 aliphatic carbocycles. The molecule has 0 aromatic heterocycles. The molecule has 0 radical (unpaired) electrons. The van der Waals surface area contributed by atoms with Crippen LogP contribution in [-0.4, -0.2) is 14.9 Å². The summed E-state index contributed by atoms with van der Waals surface area (Å²) in [6.07, 6.45) is 2.75. The highest BCUT2D eigenvalue weighted by molar-refractivity contribution is 9.10. The molecule has 2 nitrogen and oxygen atoms in total. The van der Waals surface area contributed by atoms with Crippen molar-refractivity contribution in [3.63, 3.8) is 0 Å². The number of rotatable bonds is 3. The van der Waals surface area contributed by atoms with Crippen LogP contribution >= 0.6 is 15.9 Å². The van der Waals surface area contributed by atoms with Crippen LogP contribution in [0.3, 0.4) is 0 Å². The summed E-state index contributed by atoms with van der Waals surface area (Å²) in [5, 5.41) is 0. The predicted molar refractivity (Wildman–Crippen MR) is 88.9 cm³/mol. The molecule has 1 unspecified atom stereocenters. The number of benzene rings is 1. The minimum Gasteiger partial charge on any atom is -0.454 e. The van der Waals surface area contributed by atoms with Gasteiger partial charge in [-0.2, -0.15) is 0 Å². The Morgan fingerprint density at radius 3 is 2.60 bits per heavy atom. The topological polar surface area (TPSA) is 18.5 Å². The van der Waals surface area contributed by atoms with Gasteiger partial charge in [-0.3, -0.25) is 0 Å². The lowest BCUT2D eigenvalue weighted by molar-refractivity contribution is 0.174. The van der Waals surface area contributed by atoms with Crippen LogP contribution < -0.4 is 9.47 Å². The van der Waals surface area contributed by atoms with Crippen molar-refractivity contribution in [2.24, 2.45) is 0 Å². The molecule has 0 bridgehead atoms. The first kappa shape index (κ1) is 15.2. The zero-order valence-corrected chi connectivity index (χ0v) is 14.7. The molecule has 0 saturated heterocycles. The predicted octanol–water partition coefficient (Wildman–Crippen LogP) is 4.72. The normalized spacial score (nSPS) is 14.4. The standard InChI is InChI=1S/C16H19BrO2Si/c1-5-6-12(7-8-20(2,3)4)13-9-15-16(10-14(13)17)19-11-18-15/h5,9-10,12H,1,6,11H2,2-4H3. The van der Waals surface area contributed by atoms with E-state index in [9.17, 15) is 0 Å². The minimum absolute atomic E-state index is 0.142. The van der Waals surface area contributed by atoms with E-state index < -0.39 is 8.07 Å². The van der Waals surface area contributed by atoms with E-state index in [2.05, 4.69) is 53.6 Å². The second kappa shape index (κ2) is 6.07. The second-order valence-electron chi connectivity index (χ2n) is 5.82. The summed E-state index contributed by atoms with van der Waals surface area (Å²) in [5.74, 6) is 5.15. The Hall–Kier alpha value is -1.18. The molecule has 1 atom stereocenters. The van der Waals surface area contributed by atoms with E-state index in [4.69, 9.17) is 9.47 Å². The molecule has 2 rings (SSSR count). The van der Waals surface area contributed by atoms with Gasteiger partial charge in [0.2, 0.25) is 6.79 Å². The Balaban J connectivity index is 2.38. The smallest absolute Gasteiger partial charge is 0.231 e. The van der Waals surface area contributed by atoms with Crippen LogP contribution in [0.1, 0.15) is 17.9 Å². The first-order valence-electron chi connectivity index (χ1n) is 6.63. The molecule has 0 N–H and O–H groups in total. The first-order valence-corrected chi connectivity index (χ1v) is 10.9. The van der Waals surface area contributed by atoms with Crippen molar-refractivity contribution in [3.8, 4) is 23.0 Å². The Bertz CT molecular complexity index is 579. The molecule has 1 heterocycles. The van der Waals surface area contributed by atoms with Gasteiger partial charge >= 0.3 is 0 Å². The molecule has 1 aromatic rings. The molecule has 0 fully saturated rings. The molecule has 4 heteroatoms. The monoisotopic (exact) mass is 350 g/mol. The fourth-order valence-corrected chi connectivity index (χ4v) is 3.14. The Morgan fingerprint density at radius 1 is 1.35 bits per heavy atom. The summed E-state index contributed by atoms with van der Waals surface area (Å²) >= 11 is 3.61. The highest BCUT2D eigenvalue weighted by Crippen LogP contribution is 2.40. The van der Waals surface area contributed by atoms with Gasteiger partial charge in [-0.25, -0.2) is 0 Å². The van der Waals surface area contributed by atoms with Crippen molar-refractivity contribution < 1.29 is 9.47 Å². The molecule has 0 saturated carbocycles. The fraction of sp³-hybridized carbons (Fsp3) is 0.375. The van der Waals surface area contributed by atoms with Gasteiger partial charge in [-0.1, -0.05) is 41.6 Å². The van der Waals surface area contributed by atoms with Gasteiger partial charge in [-0.15, -0.1) is 18.0 Å². The average Bonchev–Trinajstić information content (AvgIpc) is 2.79. The minimum atomic E-state index is -1.39. The number of hydrogen-bond donors (Lipinski definition) is 0. The van der Waals surface area contributed by atoms with E-state index >= 15 is 0 Å². The Labute approximate surface area is 130 Å². The van der Waals surface area contributed by atoms with Crippen LogP contribution in [0.15, 0.2) is 29.3 Å². The van der Waals surface area contributed by atoms with Gasteiger partial charge in [0.15, 0.2) is 11.5 Å². The van der Waals surface area contributed by atoms with Crippen LogP contribution in [0.4, 0.5) is 0 Å². The van der Waals surface area contributed by atoms with E-state index in [1.807, 2.05) is 18.2 Å². The second-order valence-corrected chi connectivity index (χ2v) is 11.4. The summed E-state index contributed by atoms with van der Waals surface area (Å²) < 4.78 is 11.9. The van der Waals surface area contributed by atoms with Gasteiger partial charge < -0.3 is 9.47 Å². The molecule has 1 aliphatic heterocycles. The van der Waals surface area contributed by atoms with Crippen molar-refractivity contribution in [2.45, 2.75) is 32.0 Å². The van der Waals surface area contributed by atoms with Gasteiger partial charge in [0, 0.05) is 10.4 Å². The third kappa shape index (κ3) is 3.68. The van der Waals surface area contributed by atoms with Gasteiger partial charge in [-0.05, 0) is 24.1 Å². The average molecular weight is 351 g/mol. The van der Waals surface area contributed by atoms with E-state index in [0.29, 0.717) is 0 Å². The quantitative estimate of drug-likeness (QED) is 0.446. The maximum Gasteiger partial charge on any atom is 0.231 e. The lowest BCUT2D eigenvalue weighted by Gasteiger charge is -2.13. The van der Waals surface area contributed by atoms with Crippen molar-refractivity contribution in [1.82, 2.24) is 0 Å². The third-order valence-electron chi connectivity index (χ3n) is 2.89. The molecule has 1 aromatic carbocycles. The Morgan fingerprint density at radius 2 is 2.00 bits per heavy atom. The number of fused-ring (bicyclic) bond motifs is 1. The first-order chi connectivity index (χ1) is 9.40. The highest BCUT2D eigenvalue weighted by Gasteiger charge is 2.20. The van der Waals surface area contributed by atoms with Crippen molar-refractivity contribution >= 4 is 24.0 Å². The Kier molecular flexibility index (Phi) is 4.61. The van der Waals surface area contributed by atoms with E-state index in [1.165, 1.54) is 0 Å². The molecular formula is C16H19BrO2Si. The number of ether oxygens (including phenoxy) is 2. The summed E-state index contributed by atoms with van der Waals surface area (Å²) in [7, 11) is -1.39. The highest BCUT2D eigenvalue weighted by atomic mass is 79.9. The zero-order valence-electron chi connectivity index (χ0n) is 12.1. The van der Waals surface area contributed by atoms with Gasteiger partial charge in [0.1, 0.15) is 8.07 Å². The lowest BCUT2D eigenvalue weighted by atomic mass is 9.96. The van der Waals surface area contributed by atoms with Crippen molar-refractivity contribution in [1.29, 1.82) is 0 Å². The van der Waals surface area contributed by atoms with Crippen LogP contribution in [0.5, 0.6) is 11.5 Å². The molecule has 0 spiro atoms. The van der Waals surface area contributed by atoms with Crippen LogP contribution in [0.2, 0.25) is 19.6 Å². The zero-order chi connectivity index (χ0) is 14.8. The molecular weight excluding hydrogens is 332 g/mol. The molecule has 20 heavy (non-hydrogen) atoms. The van der Waals surface area contributed by atoms with E-state index in [-0.39, 0.29) is 12.7 Å². The van der Waals surface area contributed by atoms with E-state index in [1.54, 1.807) is 0 Å². The van der Waals surface area contributed by atoms with Crippen molar-refractivity contribution in [3.05, 3.63) is 34.8 Å². The molecule has 1 aliphatic rings. The summed E-state index contributed by atoms with van der Waals surface area (Å²) in [5.41, 5.74) is 4.59. The number of halogens is 1. The van der Waals surface area contributed by atoms with Gasteiger partial charge in [0.25, 0.3) is 0 Å². The summed E-state index contributed by atoms with van der Waals surface area (Å²) in [6.45, 7) is 10.9. The molecule has 0 amide bonds. The number of hydrogen-bond acceptors (Lipinski definition) is 2. The number of allylic oxidation sites excluding steroid dienone is 1. The fourth-order valence-electron chi connectivity index (χ4n) is 1.93. The SMILES string of the molecule is C=CCC(C#C[Si](C)(C)C)c1cc2c(cc1Br)OCO2. The van der Waals surface area contributed by atoms with Crippen LogP contribution in [-0.2, 0) is 0 Å². The maximum atomic E-state index is 5.46.